The zero-order valence-electron chi connectivity index (χ0n) is 12.5. The van der Waals surface area contributed by atoms with Crippen molar-refractivity contribution >= 4 is 18.0 Å². The van der Waals surface area contributed by atoms with Gasteiger partial charge in [-0.1, -0.05) is 31.2 Å². The lowest BCUT2D eigenvalue weighted by Gasteiger charge is -2.16. The van der Waals surface area contributed by atoms with E-state index in [-0.39, 0.29) is 5.91 Å². The minimum absolute atomic E-state index is 0.0151. The van der Waals surface area contributed by atoms with Gasteiger partial charge < -0.3 is 10.4 Å². The van der Waals surface area contributed by atoms with Crippen LogP contribution in [0.2, 0.25) is 0 Å². The molecule has 1 aromatic carbocycles. The fraction of sp³-hybridized carbons (Fsp3) is 0.375. The molecule has 0 saturated carbocycles. The first-order chi connectivity index (χ1) is 10.0. The van der Waals surface area contributed by atoms with Crippen LogP contribution in [0.15, 0.2) is 30.3 Å². The number of nitrogens with zero attached hydrogens (tertiary/aromatic N) is 1. The summed E-state index contributed by atoms with van der Waals surface area (Å²) in [4.78, 5) is 24.0. The van der Waals surface area contributed by atoms with Gasteiger partial charge in [0.25, 0.3) is 0 Å². The molecule has 114 valence electrons. The second-order valence-corrected chi connectivity index (χ2v) is 4.94. The third kappa shape index (κ3) is 7.27. The van der Waals surface area contributed by atoms with E-state index >= 15 is 0 Å². The maximum absolute atomic E-state index is 11.6. The highest BCUT2D eigenvalue weighted by atomic mass is 16.4. The van der Waals surface area contributed by atoms with Crippen LogP contribution in [0, 0.1) is 0 Å². The van der Waals surface area contributed by atoms with Crippen LogP contribution in [0.1, 0.15) is 24.5 Å². The molecule has 0 aliphatic carbocycles. The number of amides is 1. The van der Waals surface area contributed by atoms with E-state index in [4.69, 9.17) is 5.11 Å². The lowest BCUT2D eigenvalue weighted by Crippen LogP contribution is -2.35. The van der Waals surface area contributed by atoms with E-state index in [0.29, 0.717) is 19.6 Å². The van der Waals surface area contributed by atoms with E-state index in [9.17, 15) is 9.59 Å². The summed E-state index contributed by atoms with van der Waals surface area (Å²) in [7, 11) is 1.88. The maximum Gasteiger partial charge on any atom is 0.328 e. The highest BCUT2D eigenvalue weighted by molar-refractivity contribution is 5.85. The summed E-state index contributed by atoms with van der Waals surface area (Å²) in [6.45, 7) is 3.69. The Labute approximate surface area is 125 Å². The van der Waals surface area contributed by atoms with Crippen LogP contribution in [0.4, 0.5) is 0 Å². The number of hydrogen-bond donors (Lipinski definition) is 2. The third-order valence-electron chi connectivity index (χ3n) is 2.81. The Morgan fingerprint density at radius 3 is 2.81 bits per heavy atom. The van der Waals surface area contributed by atoms with Crippen LogP contribution in [-0.4, -0.2) is 42.0 Å². The molecule has 0 fully saturated rings. The number of likely N-dealkylation sites (N-methyl/N-ethyl adjacent to an activating group) is 1. The van der Waals surface area contributed by atoms with Gasteiger partial charge in [-0.15, -0.1) is 0 Å². The number of rotatable bonds is 8. The molecule has 0 aliphatic rings. The SMILES string of the molecule is CCCNC(=O)CN(C)Cc1cccc(C=CC(=O)O)c1. The summed E-state index contributed by atoms with van der Waals surface area (Å²) in [5.74, 6) is -0.952. The van der Waals surface area contributed by atoms with Crippen molar-refractivity contribution in [3.05, 3.63) is 41.5 Å². The highest BCUT2D eigenvalue weighted by Crippen LogP contribution is 2.09. The first kappa shape index (κ1) is 16.9. The second-order valence-electron chi connectivity index (χ2n) is 4.94. The van der Waals surface area contributed by atoms with E-state index in [1.807, 2.05) is 43.1 Å². The van der Waals surface area contributed by atoms with Gasteiger partial charge in [0.15, 0.2) is 0 Å². The summed E-state index contributed by atoms with van der Waals surface area (Å²) < 4.78 is 0. The molecule has 0 saturated heterocycles. The quantitative estimate of drug-likeness (QED) is 0.716. The first-order valence-corrected chi connectivity index (χ1v) is 6.96. The number of carboxylic acid groups (broad SMARTS) is 1. The summed E-state index contributed by atoms with van der Waals surface area (Å²) in [6.07, 6.45) is 3.59. The van der Waals surface area contributed by atoms with E-state index in [1.165, 1.54) is 0 Å². The van der Waals surface area contributed by atoms with Gasteiger partial charge in [0, 0.05) is 19.2 Å². The van der Waals surface area contributed by atoms with Gasteiger partial charge in [-0.2, -0.15) is 0 Å². The molecule has 0 bridgehead atoms. The molecule has 0 radical (unpaired) electrons. The molecular weight excluding hydrogens is 268 g/mol. The van der Waals surface area contributed by atoms with Gasteiger partial charge in [0.05, 0.1) is 6.54 Å². The number of carboxylic acids is 1. The molecule has 0 aliphatic heterocycles. The minimum atomic E-state index is -0.967. The number of hydrogen-bond acceptors (Lipinski definition) is 3. The van der Waals surface area contributed by atoms with Crippen molar-refractivity contribution in [2.24, 2.45) is 0 Å². The van der Waals surface area contributed by atoms with E-state index in [0.717, 1.165) is 23.6 Å². The molecule has 1 rings (SSSR count). The fourth-order valence-corrected chi connectivity index (χ4v) is 1.90. The predicted octanol–water partition coefficient (Wildman–Crippen LogP) is 1.74. The fourth-order valence-electron chi connectivity index (χ4n) is 1.90. The van der Waals surface area contributed by atoms with Crippen LogP contribution >= 0.6 is 0 Å². The van der Waals surface area contributed by atoms with Crippen LogP contribution in [0.3, 0.4) is 0 Å². The molecule has 0 heterocycles. The molecule has 0 spiro atoms. The van der Waals surface area contributed by atoms with Gasteiger partial charge in [0.1, 0.15) is 0 Å². The molecule has 0 unspecified atom stereocenters. The Kier molecular flexibility index (Phi) is 7.18. The summed E-state index contributed by atoms with van der Waals surface area (Å²) >= 11 is 0. The smallest absolute Gasteiger partial charge is 0.328 e. The van der Waals surface area contributed by atoms with Gasteiger partial charge in [-0.3, -0.25) is 9.69 Å². The van der Waals surface area contributed by atoms with Crippen LogP contribution < -0.4 is 5.32 Å². The summed E-state index contributed by atoms with van der Waals surface area (Å²) in [6, 6.07) is 7.59. The first-order valence-electron chi connectivity index (χ1n) is 6.96. The zero-order valence-corrected chi connectivity index (χ0v) is 12.5. The largest absolute Gasteiger partial charge is 0.478 e. The average molecular weight is 290 g/mol. The van der Waals surface area contributed by atoms with Crippen molar-refractivity contribution in [3.8, 4) is 0 Å². The van der Waals surface area contributed by atoms with E-state index < -0.39 is 5.97 Å². The van der Waals surface area contributed by atoms with Crippen molar-refractivity contribution in [1.29, 1.82) is 0 Å². The summed E-state index contributed by atoms with van der Waals surface area (Å²) in [5.41, 5.74) is 1.87. The number of carbonyl (C=O) groups excluding carboxylic acids is 1. The molecule has 5 heteroatoms. The second kappa shape index (κ2) is 8.92. The molecule has 5 nitrogen and oxygen atoms in total. The Morgan fingerprint density at radius 2 is 2.14 bits per heavy atom. The van der Waals surface area contributed by atoms with Gasteiger partial charge in [-0.05, 0) is 30.7 Å². The van der Waals surface area contributed by atoms with Crippen molar-refractivity contribution in [2.45, 2.75) is 19.9 Å². The third-order valence-corrected chi connectivity index (χ3v) is 2.81. The van der Waals surface area contributed by atoms with E-state index in [2.05, 4.69) is 5.32 Å². The standard InChI is InChI=1S/C16H22N2O3/c1-3-9-17-15(19)12-18(2)11-14-6-4-5-13(10-14)7-8-16(20)21/h4-8,10H,3,9,11-12H2,1-2H3,(H,17,19)(H,20,21). The molecule has 1 amide bonds. The molecule has 1 aromatic rings. The Balaban J connectivity index is 2.56. The topological polar surface area (TPSA) is 69.6 Å². The van der Waals surface area contributed by atoms with E-state index in [1.54, 1.807) is 6.08 Å². The monoisotopic (exact) mass is 290 g/mol. The lowest BCUT2D eigenvalue weighted by atomic mass is 10.1. The Bertz CT molecular complexity index is 512. The Morgan fingerprint density at radius 1 is 1.38 bits per heavy atom. The highest BCUT2D eigenvalue weighted by Gasteiger charge is 2.06. The average Bonchev–Trinajstić information content (AvgIpc) is 2.43. The van der Waals surface area contributed by atoms with Gasteiger partial charge >= 0.3 is 5.97 Å². The van der Waals surface area contributed by atoms with Crippen molar-refractivity contribution in [3.63, 3.8) is 0 Å². The maximum atomic E-state index is 11.6. The normalized spacial score (nSPS) is 11.0. The number of aliphatic carboxylic acids is 1. The molecule has 21 heavy (non-hydrogen) atoms. The predicted molar refractivity (Wildman–Crippen MR) is 82.7 cm³/mol. The van der Waals surface area contributed by atoms with Crippen molar-refractivity contribution in [1.82, 2.24) is 10.2 Å². The minimum Gasteiger partial charge on any atom is -0.478 e. The Hall–Kier alpha value is -2.14. The zero-order chi connectivity index (χ0) is 15.7. The van der Waals surface area contributed by atoms with Gasteiger partial charge in [0.2, 0.25) is 5.91 Å². The van der Waals surface area contributed by atoms with Crippen molar-refractivity contribution in [2.75, 3.05) is 20.1 Å². The molecule has 2 N–H and O–H groups in total. The molecular formula is C16H22N2O3. The van der Waals surface area contributed by atoms with Crippen LogP contribution in [0.5, 0.6) is 0 Å². The number of benzene rings is 1. The van der Waals surface area contributed by atoms with Crippen molar-refractivity contribution < 1.29 is 14.7 Å². The number of nitrogens with one attached hydrogen (secondary N) is 1. The lowest BCUT2D eigenvalue weighted by molar-refractivity contribution is -0.131. The van der Waals surface area contributed by atoms with Gasteiger partial charge in [-0.25, -0.2) is 4.79 Å². The van der Waals surface area contributed by atoms with Crippen LogP contribution in [-0.2, 0) is 16.1 Å². The summed E-state index contributed by atoms with van der Waals surface area (Å²) in [5, 5.41) is 11.5. The van der Waals surface area contributed by atoms with Crippen LogP contribution in [0.25, 0.3) is 6.08 Å². The molecule has 0 aromatic heterocycles. The number of carbonyl (C=O) groups is 2. The molecule has 0 atom stereocenters.